The van der Waals surface area contributed by atoms with Crippen molar-refractivity contribution in [2.24, 2.45) is 0 Å². The standard InChI is InChI=1S/C20H22ClN5S/c1-10-6-7-26(12(3)24-10)20-25-18(11(2)27-20)15-9-23-19-16(17(15)21)14(8-22-19)13-4-5-13/h8-10,13,24H,3-7H2,1-2H3,(H,22,23). The molecule has 0 amide bonds. The number of aromatic nitrogens is 3. The largest absolute Gasteiger partial charge is 0.369 e. The van der Waals surface area contributed by atoms with Crippen molar-refractivity contribution in [3.8, 4) is 11.3 Å². The van der Waals surface area contributed by atoms with E-state index < -0.39 is 0 Å². The van der Waals surface area contributed by atoms with Crippen LogP contribution in [0.15, 0.2) is 24.8 Å². The van der Waals surface area contributed by atoms with Crippen molar-refractivity contribution >= 4 is 39.1 Å². The van der Waals surface area contributed by atoms with Gasteiger partial charge in [0.15, 0.2) is 5.13 Å². The Balaban J connectivity index is 1.57. The molecular formula is C20H22ClN5S. The van der Waals surface area contributed by atoms with Crippen LogP contribution in [0.25, 0.3) is 22.3 Å². The van der Waals surface area contributed by atoms with E-state index in [2.05, 4.69) is 46.8 Å². The predicted octanol–water partition coefficient (Wildman–Crippen LogP) is 5.19. The smallest absolute Gasteiger partial charge is 0.191 e. The molecule has 3 aromatic rings. The zero-order valence-corrected chi connectivity index (χ0v) is 17.0. The molecule has 5 nitrogen and oxygen atoms in total. The van der Waals surface area contributed by atoms with Crippen LogP contribution < -0.4 is 10.2 Å². The van der Waals surface area contributed by atoms with Crippen LogP contribution in [0.5, 0.6) is 0 Å². The van der Waals surface area contributed by atoms with Gasteiger partial charge in [-0.2, -0.15) is 0 Å². The Kier molecular flexibility index (Phi) is 3.95. The summed E-state index contributed by atoms with van der Waals surface area (Å²) in [7, 11) is 0. The second-order valence-corrected chi connectivity index (χ2v) is 9.12. The molecule has 1 aliphatic heterocycles. The van der Waals surface area contributed by atoms with Crippen LogP contribution in [0.3, 0.4) is 0 Å². The molecule has 3 aromatic heterocycles. The number of fused-ring (bicyclic) bond motifs is 1. The first-order valence-corrected chi connectivity index (χ1v) is 10.6. The van der Waals surface area contributed by atoms with Gasteiger partial charge in [-0.1, -0.05) is 18.2 Å². The average Bonchev–Trinajstić information content (AvgIpc) is 3.27. The number of halogens is 1. The molecule has 4 heterocycles. The molecule has 1 aliphatic carbocycles. The molecule has 2 fully saturated rings. The highest BCUT2D eigenvalue weighted by molar-refractivity contribution is 7.16. The Morgan fingerprint density at radius 1 is 1.33 bits per heavy atom. The second-order valence-electron chi connectivity index (χ2n) is 7.56. The van der Waals surface area contributed by atoms with E-state index in [0.717, 1.165) is 56.1 Å². The van der Waals surface area contributed by atoms with Crippen LogP contribution in [-0.2, 0) is 0 Å². The van der Waals surface area contributed by atoms with Gasteiger partial charge in [0, 0.05) is 40.8 Å². The van der Waals surface area contributed by atoms with Crippen molar-refractivity contribution in [1.82, 2.24) is 20.3 Å². The molecule has 2 aliphatic rings. The first-order valence-electron chi connectivity index (χ1n) is 9.39. The molecule has 0 aromatic carbocycles. The molecule has 1 saturated carbocycles. The Bertz CT molecular complexity index is 1050. The lowest BCUT2D eigenvalue weighted by Gasteiger charge is -2.33. The highest BCUT2D eigenvalue weighted by Crippen LogP contribution is 2.47. The number of rotatable bonds is 3. The third kappa shape index (κ3) is 2.82. The maximum atomic E-state index is 6.87. The van der Waals surface area contributed by atoms with Gasteiger partial charge in [-0.25, -0.2) is 9.97 Å². The van der Waals surface area contributed by atoms with Gasteiger partial charge in [-0.05, 0) is 44.6 Å². The lowest BCUT2D eigenvalue weighted by atomic mass is 10.1. The van der Waals surface area contributed by atoms with Crippen molar-refractivity contribution < 1.29 is 0 Å². The lowest BCUT2D eigenvalue weighted by Crippen LogP contribution is -2.43. The third-order valence-corrected chi connectivity index (χ3v) is 6.87. The quantitative estimate of drug-likeness (QED) is 0.636. The lowest BCUT2D eigenvalue weighted by molar-refractivity contribution is 0.507. The normalized spacial score (nSPS) is 20.3. The van der Waals surface area contributed by atoms with E-state index in [0.29, 0.717) is 12.0 Å². The van der Waals surface area contributed by atoms with E-state index in [1.807, 2.05) is 6.20 Å². The van der Waals surface area contributed by atoms with E-state index >= 15 is 0 Å². The maximum absolute atomic E-state index is 6.87. The topological polar surface area (TPSA) is 56.8 Å². The van der Waals surface area contributed by atoms with E-state index in [4.69, 9.17) is 16.6 Å². The van der Waals surface area contributed by atoms with Crippen molar-refractivity contribution in [2.75, 3.05) is 11.4 Å². The highest BCUT2D eigenvalue weighted by atomic mass is 35.5. The molecule has 27 heavy (non-hydrogen) atoms. The van der Waals surface area contributed by atoms with Crippen molar-refractivity contribution in [1.29, 1.82) is 0 Å². The molecule has 2 N–H and O–H groups in total. The minimum absolute atomic E-state index is 0.449. The average molecular weight is 400 g/mol. The van der Waals surface area contributed by atoms with Gasteiger partial charge in [0.25, 0.3) is 0 Å². The van der Waals surface area contributed by atoms with E-state index in [9.17, 15) is 0 Å². The molecule has 5 rings (SSSR count). The minimum Gasteiger partial charge on any atom is -0.369 e. The number of nitrogens with zero attached hydrogens (tertiary/aromatic N) is 3. The SMILES string of the molecule is C=C1NC(C)CCN1c1nc(-c2cnc3[nH]cc(C4CC4)c3c2Cl)c(C)s1. The Morgan fingerprint density at radius 3 is 2.89 bits per heavy atom. The van der Waals surface area contributed by atoms with Crippen LogP contribution in [0.1, 0.15) is 42.5 Å². The molecular weight excluding hydrogens is 378 g/mol. The van der Waals surface area contributed by atoms with Gasteiger partial charge in [-0.3, -0.25) is 0 Å². The summed E-state index contributed by atoms with van der Waals surface area (Å²) >= 11 is 8.55. The molecule has 1 atom stereocenters. The zero-order chi connectivity index (χ0) is 18.7. The van der Waals surface area contributed by atoms with Gasteiger partial charge in [0.05, 0.1) is 10.7 Å². The number of hydrogen-bond donors (Lipinski definition) is 2. The highest BCUT2D eigenvalue weighted by Gasteiger charge is 2.29. The molecule has 0 spiro atoms. The van der Waals surface area contributed by atoms with E-state index in [1.165, 1.54) is 18.4 Å². The number of hydrogen-bond acceptors (Lipinski definition) is 5. The number of aromatic amines is 1. The van der Waals surface area contributed by atoms with Gasteiger partial charge >= 0.3 is 0 Å². The number of H-pyrrole nitrogens is 1. The van der Waals surface area contributed by atoms with Crippen molar-refractivity contribution in [3.63, 3.8) is 0 Å². The van der Waals surface area contributed by atoms with E-state index in [-0.39, 0.29) is 0 Å². The van der Waals surface area contributed by atoms with Crippen LogP contribution in [0.4, 0.5) is 5.13 Å². The summed E-state index contributed by atoms with van der Waals surface area (Å²) in [5.74, 6) is 1.53. The fourth-order valence-corrected chi connectivity index (χ4v) is 5.12. The number of anilines is 1. The fraction of sp³-hybridized carbons (Fsp3) is 0.400. The maximum Gasteiger partial charge on any atom is 0.191 e. The van der Waals surface area contributed by atoms with Gasteiger partial charge in [0.2, 0.25) is 0 Å². The number of aryl methyl sites for hydroxylation is 1. The van der Waals surface area contributed by atoms with Crippen LogP contribution >= 0.6 is 22.9 Å². The van der Waals surface area contributed by atoms with Crippen LogP contribution in [0.2, 0.25) is 5.02 Å². The Labute approximate surface area is 167 Å². The Morgan fingerprint density at radius 2 is 2.15 bits per heavy atom. The predicted molar refractivity (Wildman–Crippen MR) is 113 cm³/mol. The minimum atomic E-state index is 0.449. The third-order valence-electron chi connectivity index (χ3n) is 5.48. The summed E-state index contributed by atoms with van der Waals surface area (Å²) in [5.41, 5.74) is 3.99. The second kappa shape index (κ2) is 6.24. The Hall–Kier alpha value is -2.05. The van der Waals surface area contributed by atoms with Crippen molar-refractivity contribution in [2.45, 2.75) is 45.1 Å². The summed E-state index contributed by atoms with van der Waals surface area (Å²) in [6.07, 6.45) is 7.44. The molecule has 140 valence electrons. The van der Waals surface area contributed by atoms with Crippen LogP contribution in [-0.4, -0.2) is 27.5 Å². The molecule has 1 unspecified atom stereocenters. The summed E-state index contributed by atoms with van der Waals surface area (Å²) in [6, 6.07) is 0.449. The number of thiazole rings is 1. The van der Waals surface area contributed by atoms with Gasteiger partial charge in [0.1, 0.15) is 11.5 Å². The first kappa shape index (κ1) is 17.1. The molecule has 0 bridgehead atoms. The van der Waals surface area contributed by atoms with Crippen LogP contribution in [0, 0.1) is 6.92 Å². The molecule has 0 radical (unpaired) electrons. The number of nitrogens with one attached hydrogen (secondary N) is 2. The summed E-state index contributed by atoms with van der Waals surface area (Å²) < 4.78 is 0. The molecule has 7 heteroatoms. The van der Waals surface area contributed by atoms with E-state index in [1.54, 1.807) is 11.3 Å². The summed E-state index contributed by atoms with van der Waals surface area (Å²) in [4.78, 5) is 16.1. The van der Waals surface area contributed by atoms with Gasteiger partial charge < -0.3 is 15.2 Å². The number of pyridine rings is 1. The fourth-order valence-electron chi connectivity index (χ4n) is 3.81. The van der Waals surface area contributed by atoms with Crippen molar-refractivity contribution in [3.05, 3.63) is 40.3 Å². The first-order chi connectivity index (χ1) is 13.0. The summed E-state index contributed by atoms with van der Waals surface area (Å²) in [6.45, 7) is 9.36. The molecule has 1 saturated heterocycles. The zero-order valence-electron chi connectivity index (χ0n) is 15.5. The monoisotopic (exact) mass is 399 g/mol. The van der Waals surface area contributed by atoms with Gasteiger partial charge in [-0.15, -0.1) is 11.3 Å². The summed E-state index contributed by atoms with van der Waals surface area (Å²) in [5, 5.41) is 6.18.